The number of aliphatic hydroxyl groups is 1. The maximum Gasteiger partial charge on any atom is 0.268 e. The summed E-state index contributed by atoms with van der Waals surface area (Å²) in [6.45, 7) is 1.23. The second kappa shape index (κ2) is 6.07. The number of carbonyl (C=O) groups excluding carboxylic acids is 1. The average Bonchev–Trinajstić information content (AvgIpc) is 3.34. The van der Waals surface area contributed by atoms with Gasteiger partial charge in [0.15, 0.2) is 0 Å². The summed E-state index contributed by atoms with van der Waals surface area (Å²) in [6.07, 6.45) is 4.23. The summed E-state index contributed by atoms with van der Waals surface area (Å²) in [6, 6.07) is 14.0. The number of aromatic nitrogens is 1. The molecule has 0 radical (unpaired) electrons. The van der Waals surface area contributed by atoms with Crippen LogP contribution >= 0.6 is 0 Å². The highest BCUT2D eigenvalue weighted by atomic mass is 16.3. The normalized spacial score (nSPS) is 27.0. The minimum Gasteiger partial charge on any atom is -0.389 e. The first kappa shape index (κ1) is 15.4. The predicted molar refractivity (Wildman–Crippen MR) is 91.8 cm³/mol. The molecule has 5 heteroatoms. The third kappa shape index (κ3) is 2.64. The summed E-state index contributed by atoms with van der Waals surface area (Å²) in [7, 11) is 0. The molecule has 5 nitrogen and oxygen atoms in total. The molecule has 0 bridgehead atoms. The zero-order valence-corrected chi connectivity index (χ0v) is 13.6. The Morgan fingerprint density at radius 3 is 2.71 bits per heavy atom. The fraction of sp³-hybridized carbons (Fsp3) is 0.421. The zero-order chi connectivity index (χ0) is 16.6. The van der Waals surface area contributed by atoms with E-state index in [9.17, 15) is 9.90 Å². The van der Waals surface area contributed by atoms with E-state index >= 15 is 0 Å². The van der Waals surface area contributed by atoms with E-state index in [0.29, 0.717) is 24.7 Å². The smallest absolute Gasteiger partial charge is 0.268 e. The van der Waals surface area contributed by atoms with Crippen molar-refractivity contribution in [3.05, 3.63) is 59.9 Å². The van der Waals surface area contributed by atoms with Gasteiger partial charge >= 0.3 is 0 Å². The number of amides is 1. The maximum absolute atomic E-state index is 13.0. The van der Waals surface area contributed by atoms with Gasteiger partial charge in [0.2, 0.25) is 0 Å². The number of aliphatic hydroxyl groups excluding tert-OH is 1. The van der Waals surface area contributed by atoms with Gasteiger partial charge in [-0.2, -0.15) is 0 Å². The third-order valence-electron chi connectivity index (χ3n) is 5.18. The van der Waals surface area contributed by atoms with E-state index in [2.05, 4.69) is 15.2 Å². The number of hydrogen-bond acceptors (Lipinski definition) is 3. The summed E-state index contributed by atoms with van der Waals surface area (Å²) < 4.78 is 2.06. The lowest BCUT2D eigenvalue weighted by molar-refractivity contribution is 0.0286. The molecule has 2 heterocycles. The highest BCUT2D eigenvalue weighted by Gasteiger charge is 2.43. The Labute approximate surface area is 141 Å². The molecule has 1 aromatic carbocycles. The second-order valence-corrected chi connectivity index (χ2v) is 6.79. The van der Waals surface area contributed by atoms with Gasteiger partial charge in [0.05, 0.1) is 11.6 Å². The molecule has 2 aromatic rings. The van der Waals surface area contributed by atoms with Crippen LogP contribution in [0.2, 0.25) is 0 Å². The molecule has 24 heavy (non-hydrogen) atoms. The maximum atomic E-state index is 13.0. The van der Waals surface area contributed by atoms with Gasteiger partial charge in [-0.15, -0.1) is 0 Å². The molecule has 4 rings (SSSR count). The first-order valence-corrected chi connectivity index (χ1v) is 8.64. The van der Waals surface area contributed by atoms with Crippen molar-refractivity contribution in [1.29, 1.82) is 0 Å². The number of β-amino-alcohol motifs (C(OH)–C–C–N with tert-alkyl or cyclic N) is 1. The Morgan fingerprint density at radius 2 is 2.00 bits per heavy atom. The minimum atomic E-state index is -0.748. The van der Waals surface area contributed by atoms with Crippen LogP contribution in [0, 0.1) is 0 Å². The molecule has 2 aliphatic rings. The number of benzene rings is 1. The fourth-order valence-corrected chi connectivity index (χ4v) is 3.68. The summed E-state index contributed by atoms with van der Waals surface area (Å²) in [5.74, 6) is -0.114. The predicted octanol–water partition coefficient (Wildman–Crippen LogP) is 1.80. The van der Waals surface area contributed by atoms with E-state index in [-0.39, 0.29) is 5.91 Å². The number of nitrogens with one attached hydrogen (secondary N) is 2. The quantitative estimate of drug-likeness (QED) is 0.803. The van der Waals surface area contributed by atoms with E-state index < -0.39 is 11.6 Å². The molecule has 126 valence electrons. The summed E-state index contributed by atoms with van der Waals surface area (Å²) in [4.78, 5) is 13.0. The van der Waals surface area contributed by atoms with Crippen LogP contribution in [0.5, 0.6) is 0 Å². The van der Waals surface area contributed by atoms with Crippen LogP contribution in [-0.4, -0.2) is 34.8 Å². The Hall–Kier alpha value is -2.11. The first-order valence-electron chi connectivity index (χ1n) is 8.64. The van der Waals surface area contributed by atoms with E-state index in [1.807, 2.05) is 48.7 Å². The Balaban J connectivity index is 1.67. The molecule has 1 aliphatic heterocycles. The number of piperidine rings is 1. The molecular weight excluding hydrogens is 302 g/mol. The Bertz CT molecular complexity index is 723. The SMILES string of the molecule is O=C(N[C@]1(c2ccccc2)CCNC[C@H]1O)c1cccn1C1CC1. The lowest BCUT2D eigenvalue weighted by Crippen LogP contribution is -2.61. The molecule has 0 unspecified atom stereocenters. The van der Waals surface area contributed by atoms with Crippen molar-refractivity contribution in [3.8, 4) is 0 Å². The number of hydrogen-bond donors (Lipinski definition) is 3. The highest BCUT2D eigenvalue weighted by molar-refractivity contribution is 5.93. The molecule has 0 spiro atoms. The Kier molecular flexibility index (Phi) is 3.90. The van der Waals surface area contributed by atoms with E-state index in [1.165, 1.54) is 0 Å². The van der Waals surface area contributed by atoms with Crippen LogP contribution in [0.15, 0.2) is 48.7 Å². The van der Waals surface area contributed by atoms with Crippen molar-refractivity contribution >= 4 is 5.91 Å². The topological polar surface area (TPSA) is 66.3 Å². The van der Waals surface area contributed by atoms with Crippen LogP contribution in [0.1, 0.15) is 41.4 Å². The van der Waals surface area contributed by atoms with E-state index in [0.717, 1.165) is 24.9 Å². The lowest BCUT2D eigenvalue weighted by Gasteiger charge is -2.43. The summed E-state index contributed by atoms with van der Waals surface area (Å²) in [5, 5.41) is 17.1. The van der Waals surface area contributed by atoms with Crippen molar-refractivity contribution in [2.24, 2.45) is 0 Å². The molecule has 1 amide bonds. The second-order valence-electron chi connectivity index (χ2n) is 6.79. The highest BCUT2D eigenvalue weighted by Crippen LogP contribution is 2.37. The lowest BCUT2D eigenvalue weighted by atomic mass is 9.79. The van der Waals surface area contributed by atoms with Crippen LogP contribution in [0.25, 0.3) is 0 Å². The molecule has 1 saturated carbocycles. The van der Waals surface area contributed by atoms with Gasteiger partial charge in [-0.1, -0.05) is 30.3 Å². The van der Waals surface area contributed by atoms with Gasteiger partial charge in [-0.05, 0) is 43.5 Å². The molecule has 1 aliphatic carbocycles. The zero-order valence-electron chi connectivity index (χ0n) is 13.6. The van der Waals surface area contributed by atoms with Gasteiger partial charge < -0.3 is 20.3 Å². The van der Waals surface area contributed by atoms with Crippen molar-refractivity contribution in [2.75, 3.05) is 13.1 Å². The summed E-state index contributed by atoms with van der Waals surface area (Å²) >= 11 is 0. The minimum absolute atomic E-state index is 0.114. The number of rotatable bonds is 4. The van der Waals surface area contributed by atoms with Crippen LogP contribution in [0.4, 0.5) is 0 Å². The molecule has 3 N–H and O–H groups in total. The molecule has 2 fully saturated rings. The van der Waals surface area contributed by atoms with Crippen molar-refractivity contribution in [2.45, 2.75) is 36.9 Å². The molecule has 2 atom stereocenters. The van der Waals surface area contributed by atoms with Crippen molar-refractivity contribution < 1.29 is 9.90 Å². The van der Waals surface area contributed by atoms with Gasteiger partial charge in [-0.3, -0.25) is 4.79 Å². The van der Waals surface area contributed by atoms with Crippen LogP contribution in [-0.2, 0) is 5.54 Å². The van der Waals surface area contributed by atoms with Crippen LogP contribution in [0.3, 0.4) is 0 Å². The monoisotopic (exact) mass is 325 g/mol. The van der Waals surface area contributed by atoms with Crippen molar-refractivity contribution in [3.63, 3.8) is 0 Å². The van der Waals surface area contributed by atoms with Gasteiger partial charge in [0.25, 0.3) is 5.91 Å². The number of nitrogens with zero attached hydrogens (tertiary/aromatic N) is 1. The first-order chi connectivity index (χ1) is 11.7. The third-order valence-corrected chi connectivity index (χ3v) is 5.18. The van der Waals surface area contributed by atoms with Crippen molar-refractivity contribution in [1.82, 2.24) is 15.2 Å². The molecule has 1 aromatic heterocycles. The van der Waals surface area contributed by atoms with Gasteiger partial charge in [0, 0.05) is 18.8 Å². The van der Waals surface area contributed by atoms with E-state index in [1.54, 1.807) is 0 Å². The standard InChI is InChI=1S/C19H23N3O2/c23-17-13-20-11-10-19(17,14-5-2-1-3-6-14)21-18(24)16-7-4-12-22(16)15-8-9-15/h1-7,12,15,17,20,23H,8-11,13H2,(H,21,24)/t17-,19+/m1/s1. The number of carbonyl (C=O) groups is 1. The van der Waals surface area contributed by atoms with Crippen LogP contribution < -0.4 is 10.6 Å². The average molecular weight is 325 g/mol. The molecule has 1 saturated heterocycles. The summed E-state index contributed by atoms with van der Waals surface area (Å²) in [5.41, 5.74) is 0.887. The Morgan fingerprint density at radius 1 is 1.21 bits per heavy atom. The fourth-order valence-electron chi connectivity index (χ4n) is 3.68. The largest absolute Gasteiger partial charge is 0.389 e. The molecular formula is C19H23N3O2. The van der Waals surface area contributed by atoms with Gasteiger partial charge in [0.1, 0.15) is 5.69 Å². The van der Waals surface area contributed by atoms with E-state index in [4.69, 9.17) is 0 Å². The van der Waals surface area contributed by atoms with Gasteiger partial charge in [-0.25, -0.2) is 0 Å².